The minimum Gasteiger partial charge on any atom is -0.340 e. The van der Waals surface area contributed by atoms with E-state index >= 15 is 0 Å². The molecule has 1 unspecified atom stereocenters. The van der Waals surface area contributed by atoms with Crippen LogP contribution in [0.5, 0.6) is 0 Å². The second kappa shape index (κ2) is 7.27. The van der Waals surface area contributed by atoms with Gasteiger partial charge in [0.25, 0.3) is 0 Å². The third-order valence-corrected chi connectivity index (χ3v) is 5.26. The summed E-state index contributed by atoms with van der Waals surface area (Å²) in [5, 5.41) is 3.33. The topological polar surface area (TPSA) is 59.2 Å². The van der Waals surface area contributed by atoms with Crippen molar-refractivity contribution in [3.8, 4) is 0 Å². The summed E-state index contributed by atoms with van der Waals surface area (Å²) < 4.78 is 0. The van der Waals surface area contributed by atoms with E-state index in [1.54, 1.807) is 11.3 Å². The molecule has 0 aromatic carbocycles. The molecule has 4 nitrogen and oxygen atoms in total. The molecule has 1 amide bonds. The Morgan fingerprint density at radius 3 is 2.81 bits per heavy atom. The minimum absolute atomic E-state index is 0. The van der Waals surface area contributed by atoms with E-state index in [1.807, 2.05) is 4.90 Å². The number of amides is 1. The third-order valence-electron chi connectivity index (χ3n) is 4.20. The Balaban J connectivity index is 0.00000110. The summed E-state index contributed by atoms with van der Waals surface area (Å²) in [6.07, 6.45) is 4.89. The zero-order chi connectivity index (χ0) is 13.5. The molecule has 2 fully saturated rings. The summed E-state index contributed by atoms with van der Waals surface area (Å²) >= 11 is 1.74. The van der Waals surface area contributed by atoms with Gasteiger partial charge >= 0.3 is 0 Å². The Hall–Kier alpha value is -0.360. The van der Waals surface area contributed by atoms with Crippen molar-refractivity contribution in [1.29, 1.82) is 0 Å². The van der Waals surface area contributed by atoms with Gasteiger partial charge in [0.1, 0.15) is 0 Å². The van der Waals surface area contributed by atoms with Crippen molar-refractivity contribution in [2.24, 2.45) is 5.73 Å². The maximum Gasteiger partial charge on any atom is 0.242 e. The Bertz CT molecular complexity index is 490. The van der Waals surface area contributed by atoms with E-state index in [0.717, 1.165) is 45.2 Å². The van der Waals surface area contributed by atoms with Gasteiger partial charge in [-0.1, -0.05) is 6.92 Å². The summed E-state index contributed by atoms with van der Waals surface area (Å²) in [6, 6.07) is 0. The molecular weight excluding hydrogens is 329 g/mol. The fourth-order valence-electron chi connectivity index (χ4n) is 2.70. The first kappa shape index (κ1) is 18.7. The molecule has 120 valence electrons. The molecule has 0 spiro atoms. The van der Waals surface area contributed by atoms with E-state index in [1.165, 1.54) is 10.7 Å². The standard InChI is InChI=1S/C14H21N3OS.2ClH/c1-2-11-9-19-12(16-11)10-4-3-7-17(8-10)13(18)14(15)5-6-14;;/h9-10H,2-8,15H2,1H3;2*1H. The number of carbonyl (C=O) groups excluding carboxylic acids is 1. The van der Waals surface area contributed by atoms with Crippen molar-refractivity contribution in [3.05, 3.63) is 16.1 Å². The number of nitrogens with zero attached hydrogens (tertiary/aromatic N) is 2. The lowest BCUT2D eigenvalue weighted by Gasteiger charge is -2.33. The highest BCUT2D eigenvalue weighted by Gasteiger charge is 2.48. The van der Waals surface area contributed by atoms with Crippen molar-refractivity contribution in [1.82, 2.24) is 9.88 Å². The van der Waals surface area contributed by atoms with Crippen LogP contribution >= 0.6 is 36.2 Å². The maximum absolute atomic E-state index is 12.3. The van der Waals surface area contributed by atoms with Crippen LogP contribution in [0.15, 0.2) is 5.38 Å². The number of aryl methyl sites for hydroxylation is 1. The third kappa shape index (κ3) is 3.89. The van der Waals surface area contributed by atoms with Crippen molar-refractivity contribution < 1.29 is 4.79 Å². The first-order valence-corrected chi connectivity index (χ1v) is 8.03. The van der Waals surface area contributed by atoms with Crippen LogP contribution in [0.2, 0.25) is 0 Å². The van der Waals surface area contributed by atoms with Gasteiger partial charge in [-0.15, -0.1) is 36.2 Å². The van der Waals surface area contributed by atoms with Crippen LogP contribution < -0.4 is 5.73 Å². The van der Waals surface area contributed by atoms with Crippen LogP contribution in [0.3, 0.4) is 0 Å². The molecule has 2 N–H and O–H groups in total. The van der Waals surface area contributed by atoms with Crippen LogP contribution in [0.4, 0.5) is 0 Å². The Morgan fingerprint density at radius 1 is 1.52 bits per heavy atom. The number of thiazole rings is 1. The Morgan fingerprint density at radius 2 is 2.24 bits per heavy atom. The van der Waals surface area contributed by atoms with E-state index in [-0.39, 0.29) is 30.7 Å². The number of halogens is 2. The normalized spacial score (nSPS) is 23.0. The number of nitrogens with two attached hydrogens (primary N) is 1. The quantitative estimate of drug-likeness (QED) is 0.910. The number of carbonyl (C=O) groups is 1. The summed E-state index contributed by atoms with van der Waals surface area (Å²) in [5.41, 5.74) is 6.67. The van der Waals surface area contributed by atoms with Crippen LogP contribution in [0.25, 0.3) is 0 Å². The Kier molecular flexibility index (Phi) is 6.47. The van der Waals surface area contributed by atoms with Crippen LogP contribution in [-0.2, 0) is 11.2 Å². The van der Waals surface area contributed by atoms with Crippen LogP contribution in [0.1, 0.15) is 49.2 Å². The van der Waals surface area contributed by atoms with Gasteiger partial charge in [0.05, 0.1) is 16.2 Å². The molecule has 3 rings (SSSR count). The second-order valence-corrected chi connectivity index (χ2v) is 6.67. The van der Waals surface area contributed by atoms with Crippen LogP contribution in [-0.4, -0.2) is 34.4 Å². The molecule has 7 heteroatoms. The van der Waals surface area contributed by atoms with Gasteiger partial charge in [-0.2, -0.15) is 0 Å². The lowest BCUT2D eigenvalue weighted by Crippen LogP contribution is -2.49. The first-order valence-electron chi connectivity index (χ1n) is 7.15. The maximum atomic E-state index is 12.3. The highest BCUT2D eigenvalue weighted by molar-refractivity contribution is 7.09. The van der Waals surface area contributed by atoms with Crippen LogP contribution in [0, 0.1) is 0 Å². The molecule has 1 saturated carbocycles. The van der Waals surface area contributed by atoms with E-state index in [4.69, 9.17) is 5.73 Å². The van der Waals surface area contributed by atoms with E-state index in [9.17, 15) is 4.79 Å². The van der Waals surface area contributed by atoms with Crippen molar-refractivity contribution in [2.45, 2.75) is 50.5 Å². The van der Waals surface area contributed by atoms with Crippen molar-refractivity contribution in [2.75, 3.05) is 13.1 Å². The highest BCUT2D eigenvalue weighted by Crippen LogP contribution is 2.37. The molecule has 1 aromatic rings. The average Bonchev–Trinajstić information content (AvgIpc) is 3.02. The molecular formula is C14H23Cl2N3OS. The molecule has 2 aliphatic rings. The second-order valence-electron chi connectivity index (χ2n) is 5.78. The molecule has 0 bridgehead atoms. The summed E-state index contributed by atoms with van der Waals surface area (Å²) in [4.78, 5) is 18.9. The number of likely N-dealkylation sites (tertiary alicyclic amines) is 1. The van der Waals surface area contributed by atoms with E-state index in [0.29, 0.717) is 5.92 Å². The lowest BCUT2D eigenvalue weighted by atomic mass is 9.98. The summed E-state index contributed by atoms with van der Waals surface area (Å²) in [6.45, 7) is 3.79. The molecule has 1 atom stereocenters. The largest absolute Gasteiger partial charge is 0.340 e. The zero-order valence-electron chi connectivity index (χ0n) is 12.2. The number of hydrogen-bond donors (Lipinski definition) is 1. The molecule has 2 heterocycles. The molecule has 0 radical (unpaired) electrons. The highest BCUT2D eigenvalue weighted by atomic mass is 35.5. The smallest absolute Gasteiger partial charge is 0.242 e. The fraction of sp³-hybridized carbons (Fsp3) is 0.714. The SMILES string of the molecule is CCc1csc(C2CCCN(C(=O)C3(N)CC3)C2)n1.Cl.Cl. The number of aromatic nitrogens is 1. The number of piperidine rings is 1. The van der Waals surface area contributed by atoms with Gasteiger partial charge in [-0.3, -0.25) is 4.79 Å². The average molecular weight is 352 g/mol. The number of hydrogen-bond acceptors (Lipinski definition) is 4. The van der Waals surface area contributed by atoms with Gasteiger partial charge in [-0.05, 0) is 32.1 Å². The first-order chi connectivity index (χ1) is 9.12. The van der Waals surface area contributed by atoms with Gasteiger partial charge in [-0.25, -0.2) is 4.98 Å². The lowest BCUT2D eigenvalue weighted by molar-refractivity contribution is -0.134. The van der Waals surface area contributed by atoms with Gasteiger partial charge in [0, 0.05) is 24.4 Å². The molecule has 21 heavy (non-hydrogen) atoms. The zero-order valence-corrected chi connectivity index (χ0v) is 14.7. The van der Waals surface area contributed by atoms with Gasteiger partial charge in [0.15, 0.2) is 0 Å². The van der Waals surface area contributed by atoms with Gasteiger partial charge < -0.3 is 10.6 Å². The predicted molar refractivity (Wildman–Crippen MR) is 90.7 cm³/mol. The van der Waals surface area contributed by atoms with Crippen molar-refractivity contribution >= 4 is 42.1 Å². The van der Waals surface area contributed by atoms with Crippen molar-refractivity contribution in [3.63, 3.8) is 0 Å². The molecule has 1 aromatic heterocycles. The van der Waals surface area contributed by atoms with E-state index < -0.39 is 5.54 Å². The monoisotopic (exact) mass is 351 g/mol. The summed E-state index contributed by atoms with van der Waals surface area (Å²) in [7, 11) is 0. The fourth-order valence-corrected chi connectivity index (χ4v) is 3.73. The van der Waals surface area contributed by atoms with Gasteiger partial charge in [0.2, 0.25) is 5.91 Å². The Labute approximate surface area is 142 Å². The molecule has 1 aliphatic carbocycles. The minimum atomic E-state index is -0.528. The number of rotatable bonds is 3. The predicted octanol–water partition coefficient (Wildman–Crippen LogP) is 2.75. The molecule has 1 saturated heterocycles. The summed E-state index contributed by atoms with van der Waals surface area (Å²) in [5.74, 6) is 0.565. The van der Waals surface area contributed by atoms with E-state index in [2.05, 4.69) is 17.3 Å². The molecule has 1 aliphatic heterocycles.